The average molecular weight is 481 g/mol. The standard InChI is InChI=1S/C25H21ClN2O4S/c1-5-31-16-8-6-15(7-9-16)21-20-22(29)17-11-18(26)12(2)10-19(17)32-23(20)24(30)28(21)25-27-13(3)14(4)33-25/h6-11,21H,5H2,1-4H3. The van der Waals surface area contributed by atoms with Crippen molar-refractivity contribution >= 4 is 44.9 Å². The number of benzene rings is 2. The number of aryl methyl sites for hydroxylation is 3. The fourth-order valence-corrected chi connectivity index (χ4v) is 5.18. The summed E-state index contributed by atoms with van der Waals surface area (Å²) >= 11 is 7.72. The van der Waals surface area contributed by atoms with Crippen LogP contribution in [0.4, 0.5) is 5.13 Å². The topological polar surface area (TPSA) is 72.6 Å². The maximum absolute atomic E-state index is 13.7. The number of ether oxygens (including phenoxy) is 1. The molecule has 0 fully saturated rings. The van der Waals surface area contributed by atoms with E-state index in [1.54, 1.807) is 17.0 Å². The lowest BCUT2D eigenvalue weighted by Gasteiger charge is -2.22. The summed E-state index contributed by atoms with van der Waals surface area (Å²) in [5, 5.41) is 1.35. The summed E-state index contributed by atoms with van der Waals surface area (Å²) in [6.07, 6.45) is 0. The Balaban J connectivity index is 1.78. The Labute approximate surface area is 199 Å². The number of thiazole rings is 1. The molecule has 5 rings (SSSR count). The van der Waals surface area contributed by atoms with Crippen LogP contribution in [0, 0.1) is 20.8 Å². The monoisotopic (exact) mass is 480 g/mol. The van der Waals surface area contributed by atoms with Crippen molar-refractivity contribution < 1.29 is 13.9 Å². The summed E-state index contributed by atoms with van der Waals surface area (Å²) in [6, 6.07) is 10.0. The summed E-state index contributed by atoms with van der Waals surface area (Å²) in [5.41, 5.74) is 2.74. The van der Waals surface area contributed by atoms with Gasteiger partial charge in [-0.2, -0.15) is 0 Å². The van der Waals surface area contributed by atoms with Crippen molar-refractivity contribution in [1.82, 2.24) is 4.98 Å². The zero-order valence-electron chi connectivity index (χ0n) is 18.6. The molecule has 1 amide bonds. The zero-order valence-corrected chi connectivity index (χ0v) is 20.1. The molecule has 4 aromatic rings. The molecule has 6 nitrogen and oxygen atoms in total. The molecule has 0 N–H and O–H groups in total. The van der Waals surface area contributed by atoms with E-state index in [1.807, 2.05) is 52.0 Å². The molecule has 3 heterocycles. The fraction of sp³-hybridized carbons (Fsp3) is 0.240. The van der Waals surface area contributed by atoms with Gasteiger partial charge in [-0.1, -0.05) is 23.7 Å². The summed E-state index contributed by atoms with van der Waals surface area (Å²) in [6.45, 7) is 8.14. The molecule has 1 aliphatic rings. The molecule has 0 aliphatic carbocycles. The summed E-state index contributed by atoms with van der Waals surface area (Å²) in [5.74, 6) is 0.369. The molecule has 1 atom stereocenters. The van der Waals surface area contributed by atoms with Gasteiger partial charge in [-0.3, -0.25) is 14.5 Å². The second kappa shape index (κ2) is 8.01. The van der Waals surface area contributed by atoms with Crippen molar-refractivity contribution in [1.29, 1.82) is 0 Å². The Morgan fingerprint density at radius 2 is 1.88 bits per heavy atom. The fourth-order valence-electron chi connectivity index (χ4n) is 4.08. The predicted octanol–water partition coefficient (Wildman–Crippen LogP) is 5.98. The van der Waals surface area contributed by atoms with Gasteiger partial charge in [-0.05, 0) is 63.1 Å². The van der Waals surface area contributed by atoms with Gasteiger partial charge in [0.2, 0.25) is 5.76 Å². The maximum atomic E-state index is 13.7. The van der Waals surface area contributed by atoms with Crippen molar-refractivity contribution in [2.24, 2.45) is 0 Å². The second-order valence-corrected chi connectivity index (χ2v) is 9.58. The van der Waals surface area contributed by atoms with Crippen molar-refractivity contribution in [2.75, 3.05) is 11.5 Å². The van der Waals surface area contributed by atoms with Gasteiger partial charge >= 0.3 is 0 Å². The van der Waals surface area contributed by atoms with Crippen LogP contribution in [0.1, 0.15) is 50.8 Å². The van der Waals surface area contributed by atoms with Gasteiger partial charge in [-0.25, -0.2) is 4.98 Å². The number of carbonyl (C=O) groups is 1. The van der Waals surface area contributed by atoms with E-state index in [9.17, 15) is 9.59 Å². The molecular weight excluding hydrogens is 460 g/mol. The second-order valence-electron chi connectivity index (χ2n) is 7.99. The maximum Gasteiger partial charge on any atom is 0.297 e. The van der Waals surface area contributed by atoms with E-state index < -0.39 is 6.04 Å². The molecule has 0 saturated heterocycles. The van der Waals surface area contributed by atoms with Crippen molar-refractivity contribution in [3.8, 4) is 5.75 Å². The van der Waals surface area contributed by atoms with Gasteiger partial charge in [0.15, 0.2) is 10.6 Å². The Hall–Kier alpha value is -3.16. The van der Waals surface area contributed by atoms with Crippen molar-refractivity contribution in [2.45, 2.75) is 33.7 Å². The molecule has 1 unspecified atom stereocenters. The van der Waals surface area contributed by atoms with Crippen LogP contribution in [-0.4, -0.2) is 17.5 Å². The van der Waals surface area contributed by atoms with E-state index in [4.69, 9.17) is 20.8 Å². The molecular formula is C25H21ClN2O4S. The number of carbonyl (C=O) groups excluding carboxylic acids is 1. The Morgan fingerprint density at radius 1 is 1.15 bits per heavy atom. The van der Waals surface area contributed by atoms with Crippen LogP contribution in [0.3, 0.4) is 0 Å². The van der Waals surface area contributed by atoms with E-state index >= 15 is 0 Å². The largest absolute Gasteiger partial charge is 0.494 e. The highest BCUT2D eigenvalue weighted by atomic mass is 35.5. The van der Waals surface area contributed by atoms with Crippen LogP contribution in [0.2, 0.25) is 5.02 Å². The number of aromatic nitrogens is 1. The molecule has 0 saturated carbocycles. The third kappa shape index (κ3) is 3.43. The first-order valence-electron chi connectivity index (χ1n) is 10.6. The van der Waals surface area contributed by atoms with Crippen LogP contribution < -0.4 is 15.1 Å². The third-order valence-electron chi connectivity index (χ3n) is 5.88. The number of amides is 1. The number of halogens is 1. The molecule has 0 spiro atoms. The van der Waals surface area contributed by atoms with Crippen molar-refractivity contribution in [3.63, 3.8) is 0 Å². The lowest BCUT2D eigenvalue weighted by atomic mass is 9.98. The minimum atomic E-state index is -0.672. The van der Waals surface area contributed by atoms with Crippen molar-refractivity contribution in [3.05, 3.63) is 84.7 Å². The van der Waals surface area contributed by atoms with Crippen LogP contribution in [0.5, 0.6) is 5.75 Å². The molecule has 8 heteroatoms. The van der Waals surface area contributed by atoms with Gasteiger partial charge in [0.25, 0.3) is 5.91 Å². The number of hydrogen-bond acceptors (Lipinski definition) is 6. The molecule has 2 aromatic carbocycles. The zero-order chi connectivity index (χ0) is 23.4. The third-order valence-corrected chi connectivity index (χ3v) is 7.36. The SMILES string of the molecule is CCOc1ccc(C2c3c(oc4cc(C)c(Cl)cc4c3=O)C(=O)N2c2nc(C)c(C)s2)cc1. The minimum Gasteiger partial charge on any atom is -0.494 e. The highest BCUT2D eigenvalue weighted by molar-refractivity contribution is 7.15. The highest BCUT2D eigenvalue weighted by Crippen LogP contribution is 2.43. The number of anilines is 1. The van der Waals surface area contributed by atoms with Gasteiger partial charge in [-0.15, -0.1) is 11.3 Å². The Kier molecular flexibility index (Phi) is 5.26. The highest BCUT2D eigenvalue weighted by Gasteiger charge is 2.45. The van der Waals surface area contributed by atoms with Crippen LogP contribution in [0.15, 0.2) is 45.6 Å². The first-order valence-corrected chi connectivity index (χ1v) is 11.8. The summed E-state index contributed by atoms with van der Waals surface area (Å²) in [7, 11) is 0. The quantitative estimate of drug-likeness (QED) is 0.359. The van der Waals surface area contributed by atoms with E-state index in [1.165, 1.54) is 11.3 Å². The van der Waals surface area contributed by atoms with Gasteiger partial charge in [0.05, 0.1) is 29.3 Å². The Morgan fingerprint density at radius 3 is 2.52 bits per heavy atom. The molecule has 2 aromatic heterocycles. The minimum absolute atomic E-state index is 0.0404. The molecule has 0 radical (unpaired) electrons. The van der Waals surface area contributed by atoms with Crippen LogP contribution in [-0.2, 0) is 0 Å². The number of hydrogen-bond donors (Lipinski definition) is 0. The van der Waals surface area contributed by atoms with Gasteiger partial charge < -0.3 is 9.15 Å². The number of fused-ring (bicyclic) bond motifs is 2. The Bertz CT molecular complexity index is 1450. The molecule has 168 valence electrons. The van der Waals surface area contributed by atoms with Gasteiger partial charge in [0, 0.05) is 9.90 Å². The predicted molar refractivity (Wildman–Crippen MR) is 130 cm³/mol. The van der Waals surface area contributed by atoms with Crippen LogP contribution in [0.25, 0.3) is 11.0 Å². The first kappa shape index (κ1) is 21.7. The normalized spacial score (nSPS) is 15.4. The van der Waals surface area contributed by atoms with Crippen LogP contribution >= 0.6 is 22.9 Å². The lowest BCUT2D eigenvalue weighted by Crippen LogP contribution is -2.29. The van der Waals surface area contributed by atoms with E-state index in [0.717, 1.165) is 21.7 Å². The molecule has 33 heavy (non-hydrogen) atoms. The number of rotatable bonds is 4. The summed E-state index contributed by atoms with van der Waals surface area (Å²) in [4.78, 5) is 34.5. The van der Waals surface area contributed by atoms with E-state index in [0.29, 0.717) is 39.0 Å². The molecule has 1 aliphatic heterocycles. The first-order chi connectivity index (χ1) is 15.8. The van der Waals surface area contributed by atoms with Gasteiger partial charge in [0.1, 0.15) is 11.3 Å². The van der Waals surface area contributed by atoms with E-state index in [2.05, 4.69) is 4.98 Å². The van der Waals surface area contributed by atoms with E-state index in [-0.39, 0.29) is 17.1 Å². The average Bonchev–Trinajstić information content (AvgIpc) is 3.27. The lowest BCUT2D eigenvalue weighted by molar-refractivity contribution is 0.0971. The smallest absolute Gasteiger partial charge is 0.297 e. The molecule has 0 bridgehead atoms. The number of nitrogens with zero attached hydrogens (tertiary/aromatic N) is 2. The summed E-state index contributed by atoms with van der Waals surface area (Å²) < 4.78 is 11.6.